The molecule has 0 rings (SSSR count). The van der Waals surface area contributed by atoms with Crippen LogP contribution >= 0.6 is 0 Å². The van der Waals surface area contributed by atoms with Gasteiger partial charge < -0.3 is 4.90 Å². The zero-order valence-corrected chi connectivity index (χ0v) is 5.63. The fraction of sp³-hybridized carbons (Fsp3) is 0.667. The number of hydrogen-bond acceptors (Lipinski definition) is 3. The third kappa shape index (κ3) is 3.37. The summed E-state index contributed by atoms with van der Waals surface area (Å²) in [6, 6.07) is 2.04. The first kappa shape index (κ1) is 7.78. The molecule has 0 aromatic carbocycles. The summed E-state index contributed by atoms with van der Waals surface area (Å²) in [5.41, 5.74) is 0. The Bertz CT molecular complexity index is 133. The highest BCUT2D eigenvalue weighted by atomic mass is 15.1. The van der Waals surface area contributed by atoms with Crippen LogP contribution in [-0.2, 0) is 0 Å². The van der Waals surface area contributed by atoms with Crippen LogP contribution in [0.1, 0.15) is 6.92 Å². The molecule has 0 aliphatic heterocycles. The third-order valence-corrected chi connectivity index (χ3v) is 0.939. The Balaban J connectivity index is 3.53. The van der Waals surface area contributed by atoms with Crippen LogP contribution in [0.2, 0.25) is 0 Å². The minimum Gasteiger partial charge on any atom is -0.312 e. The van der Waals surface area contributed by atoms with Crippen molar-refractivity contribution in [2.24, 2.45) is 5.92 Å². The van der Waals surface area contributed by atoms with Gasteiger partial charge in [0.05, 0.1) is 12.0 Å². The van der Waals surface area contributed by atoms with Crippen LogP contribution in [0, 0.1) is 28.7 Å². The lowest BCUT2D eigenvalue weighted by Gasteiger charge is -2.08. The third-order valence-electron chi connectivity index (χ3n) is 0.939. The maximum absolute atomic E-state index is 8.29. The lowest BCUT2D eigenvalue weighted by atomic mass is 10.2. The molecule has 0 saturated carbocycles. The van der Waals surface area contributed by atoms with Gasteiger partial charge in [-0.15, -0.1) is 0 Å². The highest BCUT2D eigenvalue weighted by Crippen LogP contribution is 1.92. The molecule has 0 fully saturated rings. The van der Waals surface area contributed by atoms with Gasteiger partial charge in [0.25, 0.3) is 0 Å². The zero-order valence-electron chi connectivity index (χ0n) is 5.63. The van der Waals surface area contributed by atoms with Crippen LogP contribution in [0.25, 0.3) is 0 Å². The van der Waals surface area contributed by atoms with Gasteiger partial charge in [-0.1, -0.05) is 0 Å². The zero-order chi connectivity index (χ0) is 7.28. The maximum Gasteiger partial charge on any atom is 0.179 e. The van der Waals surface area contributed by atoms with E-state index in [1.54, 1.807) is 14.0 Å². The molecule has 0 aromatic heterocycles. The molecular weight excluding hydrogens is 114 g/mol. The lowest BCUT2D eigenvalue weighted by Crippen LogP contribution is -2.17. The molecule has 0 aliphatic rings. The average Bonchev–Trinajstić information content (AvgIpc) is 1.87. The molecule has 0 spiro atoms. The summed E-state index contributed by atoms with van der Waals surface area (Å²) >= 11 is 0. The fourth-order valence-corrected chi connectivity index (χ4v) is 0.492. The summed E-state index contributed by atoms with van der Waals surface area (Å²) in [5, 5.41) is 16.5. The van der Waals surface area contributed by atoms with Gasteiger partial charge in [-0.3, -0.25) is 0 Å². The molecule has 9 heavy (non-hydrogen) atoms. The van der Waals surface area contributed by atoms with Gasteiger partial charge >= 0.3 is 0 Å². The lowest BCUT2D eigenvalue weighted by molar-refractivity contribution is 0.430. The molecule has 0 radical (unpaired) electrons. The smallest absolute Gasteiger partial charge is 0.179 e. The van der Waals surface area contributed by atoms with Crippen molar-refractivity contribution in [1.82, 2.24) is 4.90 Å². The Kier molecular flexibility index (Phi) is 3.23. The highest BCUT2D eigenvalue weighted by Gasteiger charge is 2.00. The minimum atomic E-state index is -0.0605. The summed E-state index contributed by atoms with van der Waals surface area (Å²) < 4.78 is 0. The van der Waals surface area contributed by atoms with Crippen molar-refractivity contribution in [3.63, 3.8) is 0 Å². The second-order valence-electron chi connectivity index (χ2n) is 2.01. The largest absolute Gasteiger partial charge is 0.312 e. The van der Waals surface area contributed by atoms with Crippen molar-refractivity contribution in [3.05, 3.63) is 0 Å². The van der Waals surface area contributed by atoms with E-state index in [4.69, 9.17) is 10.5 Å². The molecule has 0 saturated heterocycles. The van der Waals surface area contributed by atoms with Gasteiger partial charge in [0.2, 0.25) is 0 Å². The average molecular weight is 123 g/mol. The molecule has 48 valence electrons. The van der Waals surface area contributed by atoms with Gasteiger partial charge in [-0.05, 0) is 6.92 Å². The van der Waals surface area contributed by atoms with E-state index >= 15 is 0 Å². The molecule has 3 nitrogen and oxygen atoms in total. The van der Waals surface area contributed by atoms with E-state index in [9.17, 15) is 0 Å². The number of rotatable bonds is 2. The van der Waals surface area contributed by atoms with Crippen molar-refractivity contribution in [2.45, 2.75) is 6.92 Å². The van der Waals surface area contributed by atoms with Gasteiger partial charge in [-0.2, -0.15) is 10.5 Å². The Hall–Kier alpha value is -1.22. The second kappa shape index (κ2) is 3.74. The molecular formula is C6H9N3. The number of nitriles is 2. The van der Waals surface area contributed by atoms with Gasteiger partial charge in [0, 0.05) is 13.6 Å². The molecule has 0 N–H and O–H groups in total. The number of nitrogens with zero attached hydrogens (tertiary/aromatic N) is 3. The van der Waals surface area contributed by atoms with Crippen LogP contribution in [0.5, 0.6) is 0 Å². The van der Waals surface area contributed by atoms with Crippen molar-refractivity contribution in [1.29, 1.82) is 10.5 Å². The molecule has 0 heterocycles. The van der Waals surface area contributed by atoms with E-state index in [-0.39, 0.29) is 5.92 Å². The molecule has 1 atom stereocenters. The van der Waals surface area contributed by atoms with Crippen LogP contribution in [0.15, 0.2) is 0 Å². The highest BCUT2D eigenvalue weighted by molar-refractivity contribution is 4.83. The minimum absolute atomic E-state index is 0.0605. The van der Waals surface area contributed by atoms with Crippen LogP contribution in [0.4, 0.5) is 0 Å². The van der Waals surface area contributed by atoms with E-state index in [2.05, 4.69) is 0 Å². The maximum atomic E-state index is 8.29. The Labute approximate surface area is 55.1 Å². The SMILES string of the molecule is CC(C#N)CN(C)C#N. The molecule has 0 amide bonds. The van der Waals surface area contributed by atoms with Crippen molar-refractivity contribution in [3.8, 4) is 12.3 Å². The van der Waals surface area contributed by atoms with Gasteiger partial charge in [0.15, 0.2) is 6.19 Å². The van der Waals surface area contributed by atoms with Crippen molar-refractivity contribution < 1.29 is 0 Å². The molecule has 0 aromatic rings. The van der Waals surface area contributed by atoms with Crippen molar-refractivity contribution in [2.75, 3.05) is 13.6 Å². The van der Waals surface area contributed by atoms with Gasteiger partial charge in [0.1, 0.15) is 0 Å². The summed E-state index contributed by atoms with van der Waals surface area (Å²) in [6.45, 7) is 2.31. The molecule has 3 heteroatoms. The fourth-order valence-electron chi connectivity index (χ4n) is 0.492. The second-order valence-corrected chi connectivity index (χ2v) is 2.01. The summed E-state index contributed by atoms with van der Waals surface area (Å²) in [6.07, 6.45) is 1.91. The number of hydrogen-bond donors (Lipinski definition) is 0. The summed E-state index contributed by atoms with van der Waals surface area (Å²) in [7, 11) is 1.66. The Morgan fingerprint density at radius 2 is 2.11 bits per heavy atom. The predicted molar refractivity (Wildman–Crippen MR) is 33.0 cm³/mol. The predicted octanol–water partition coefficient (Wildman–Crippen LogP) is 0.559. The van der Waals surface area contributed by atoms with Gasteiger partial charge in [-0.25, -0.2) is 0 Å². The van der Waals surface area contributed by atoms with Crippen molar-refractivity contribution >= 4 is 0 Å². The Morgan fingerprint density at radius 1 is 1.56 bits per heavy atom. The molecule has 1 unspecified atom stereocenters. The monoisotopic (exact) mass is 123 g/mol. The van der Waals surface area contributed by atoms with E-state index in [1.807, 2.05) is 12.3 Å². The first-order chi connectivity index (χ1) is 4.20. The van der Waals surface area contributed by atoms with E-state index < -0.39 is 0 Å². The van der Waals surface area contributed by atoms with Crippen LogP contribution < -0.4 is 0 Å². The standard InChI is InChI=1S/C6H9N3/c1-6(3-7)4-9(2)5-8/h6H,4H2,1-2H3. The van der Waals surface area contributed by atoms with E-state index in [0.717, 1.165) is 0 Å². The van der Waals surface area contributed by atoms with Crippen LogP contribution in [0.3, 0.4) is 0 Å². The molecule has 0 aliphatic carbocycles. The quantitative estimate of drug-likeness (QED) is 0.398. The normalized spacial score (nSPS) is 11.1. The topological polar surface area (TPSA) is 50.8 Å². The summed E-state index contributed by atoms with van der Waals surface area (Å²) in [4.78, 5) is 1.44. The molecule has 0 bridgehead atoms. The Morgan fingerprint density at radius 3 is 2.44 bits per heavy atom. The van der Waals surface area contributed by atoms with E-state index in [0.29, 0.717) is 6.54 Å². The van der Waals surface area contributed by atoms with E-state index in [1.165, 1.54) is 4.90 Å². The first-order valence-corrected chi connectivity index (χ1v) is 2.71. The van der Waals surface area contributed by atoms with Crippen LogP contribution in [-0.4, -0.2) is 18.5 Å². The first-order valence-electron chi connectivity index (χ1n) is 2.71. The summed E-state index contributed by atoms with van der Waals surface area (Å²) in [5.74, 6) is -0.0605.